The molecule has 2 amide bonds. The highest BCUT2D eigenvalue weighted by atomic mass is 19.1. The lowest BCUT2D eigenvalue weighted by Crippen LogP contribution is -2.35. The Morgan fingerprint density at radius 3 is 2.40 bits per heavy atom. The molecule has 5 heteroatoms. The third-order valence-corrected chi connectivity index (χ3v) is 5.44. The Morgan fingerprint density at radius 1 is 0.967 bits per heavy atom. The molecule has 1 aliphatic heterocycles. The van der Waals surface area contributed by atoms with Gasteiger partial charge in [0.1, 0.15) is 5.82 Å². The van der Waals surface area contributed by atoms with Gasteiger partial charge in [0.05, 0.1) is 12.5 Å². The van der Waals surface area contributed by atoms with Gasteiger partial charge in [0.15, 0.2) is 0 Å². The topological polar surface area (TPSA) is 49.4 Å². The van der Waals surface area contributed by atoms with E-state index in [2.05, 4.69) is 5.32 Å². The lowest BCUT2D eigenvalue weighted by Gasteiger charge is -2.28. The Hall–Kier alpha value is -3.47. The van der Waals surface area contributed by atoms with Gasteiger partial charge in [-0.2, -0.15) is 0 Å². The van der Waals surface area contributed by atoms with E-state index < -0.39 is 6.04 Å². The number of nitrogens with zero attached hydrogens (tertiary/aromatic N) is 1. The Kier molecular flexibility index (Phi) is 5.89. The number of hydrogen-bond acceptors (Lipinski definition) is 2. The molecule has 0 saturated carbocycles. The maximum Gasteiger partial charge on any atom is 0.255 e. The molecule has 3 aromatic rings. The number of carbonyl (C=O) groups is 2. The zero-order valence-corrected chi connectivity index (χ0v) is 16.6. The summed E-state index contributed by atoms with van der Waals surface area (Å²) >= 11 is 0. The average molecular weight is 402 g/mol. The van der Waals surface area contributed by atoms with Crippen LogP contribution in [-0.2, 0) is 17.8 Å². The van der Waals surface area contributed by atoms with Crippen molar-refractivity contribution in [2.24, 2.45) is 0 Å². The maximum atomic E-state index is 13.4. The normalized spacial score (nSPS) is 13.8. The summed E-state index contributed by atoms with van der Waals surface area (Å²) in [5.41, 5.74) is 3.50. The van der Waals surface area contributed by atoms with Crippen molar-refractivity contribution in [3.05, 3.63) is 107 Å². The van der Waals surface area contributed by atoms with Gasteiger partial charge < -0.3 is 10.2 Å². The second kappa shape index (κ2) is 8.91. The first-order chi connectivity index (χ1) is 14.6. The van der Waals surface area contributed by atoms with E-state index in [9.17, 15) is 14.0 Å². The van der Waals surface area contributed by atoms with E-state index in [4.69, 9.17) is 0 Å². The average Bonchev–Trinajstić information content (AvgIpc) is 3.10. The van der Waals surface area contributed by atoms with Crippen LogP contribution in [0.15, 0.2) is 78.9 Å². The number of hydrogen-bond donors (Lipinski definition) is 1. The molecule has 1 N–H and O–H groups in total. The number of amides is 2. The van der Waals surface area contributed by atoms with Crippen LogP contribution >= 0.6 is 0 Å². The Labute approximate surface area is 175 Å². The minimum Gasteiger partial charge on any atom is -0.356 e. The van der Waals surface area contributed by atoms with Crippen molar-refractivity contribution in [2.75, 3.05) is 6.54 Å². The summed E-state index contributed by atoms with van der Waals surface area (Å²) in [5, 5.41) is 2.95. The minimum atomic E-state index is -0.456. The van der Waals surface area contributed by atoms with Crippen LogP contribution in [0.3, 0.4) is 0 Å². The van der Waals surface area contributed by atoms with E-state index in [1.165, 1.54) is 12.1 Å². The number of rotatable bonds is 7. The van der Waals surface area contributed by atoms with Crippen LogP contribution in [-0.4, -0.2) is 23.3 Å². The smallest absolute Gasteiger partial charge is 0.255 e. The Morgan fingerprint density at radius 2 is 1.67 bits per heavy atom. The molecule has 1 heterocycles. The van der Waals surface area contributed by atoms with Gasteiger partial charge in [-0.1, -0.05) is 60.7 Å². The number of fused-ring (bicyclic) bond motifs is 1. The fourth-order valence-electron chi connectivity index (χ4n) is 3.86. The van der Waals surface area contributed by atoms with Crippen molar-refractivity contribution >= 4 is 11.8 Å². The lowest BCUT2D eigenvalue weighted by atomic mass is 10.0. The van der Waals surface area contributed by atoms with Gasteiger partial charge in [-0.15, -0.1) is 0 Å². The molecule has 152 valence electrons. The van der Waals surface area contributed by atoms with Gasteiger partial charge in [0.25, 0.3) is 5.91 Å². The predicted octanol–water partition coefficient (Wildman–Crippen LogP) is 4.27. The van der Waals surface area contributed by atoms with Crippen molar-refractivity contribution in [3.63, 3.8) is 0 Å². The van der Waals surface area contributed by atoms with Crippen molar-refractivity contribution in [3.8, 4) is 0 Å². The van der Waals surface area contributed by atoms with Crippen molar-refractivity contribution < 1.29 is 14.0 Å². The standard InChI is InChI=1S/C25H23FN2O2/c26-21-12-10-19(11-13-21)23(28-17-20-8-4-5-9-22(20)25(28)30)16-24(29)27-15-14-18-6-2-1-3-7-18/h1-13,23H,14-17H2,(H,27,29). The number of nitrogens with one attached hydrogen (secondary N) is 1. The van der Waals surface area contributed by atoms with Crippen LogP contribution in [0, 0.1) is 5.82 Å². The molecule has 0 bridgehead atoms. The van der Waals surface area contributed by atoms with E-state index >= 15 is 0 Å². The fraction of sp³-hybridized carbons (Fsp3) is 0.200. The molecule has 1 unspecified atom stereocenters. The fourth-order valence-corrected chi connectivity index (χ4v) is 3.86. The van der Waals surface area contributed by atoms with Gasteiger partial charge in [-0.3, -0.25) is 9.59 Å². The lowest BCUT2D eigenvalue weighted by molar-refractivity contribution is -0.122. The molecule has 4 nitrogen and oxygen atoms in total. The van der Waals surface area contributed by atoms with Crippen molar-refractivity contribution in [2.45, 2.75) is 25.4 Å². The largest absolute Gasteiger partial charge is 0.356 e. The monoisotopic (exact) mass is 402 g/mol. The summed E-state index contributed by atoms with van der Waals surface area (Å²) in [7, 11) is 0. The van der Waals surface area contributed by atoms with Crippen LogP contribution in [0.1, 0.15) is 39.5 Å². The molecule has 0 aliphatic carbocycles. The highest BCUT2D eigenvalue weighted by Crippen LogP contribution is 2.33. The third kappa shape index (κ3) is 4.40. The van der Waals surface area contributed by atoms with Gasteiger partial charge in [0, 0.05) is 18.7 Å². The first kappa shape index (κ1) is 19.8. The molecule has 3 aromatic carbocycles. The summed E-state index contributed by atoms with van der Waals surface area (Å²) < 4.78 is 13.4. The maximum absolute atomic E-state index is 13.4. The summed E-state index contributed by atoms with van der Waals surface area (Å²) in [6.07, 6.45) is 0.863. The second-order valence-electron chi connectivity index (χ2n) is 7.45. The van der Waals surface area contributed by atoms with E-state index in [-0.39, 0.29) is 24.1 Å². The summed E-state index contributed by atoms with van der Waals surface area (Å²) in [6, 6.07) is 23.0. The number of carbonyl (C=O) groups excluding carboxylic acids is 2. The summed E-state index contributed by atoms with van der Waals surface area (Å²) in [5.74, 6) is -0.582. The van der Waals surface area contributed by atoms with Gasteiger partial charge in [0.2, 0.25) is 5.91 Å². The highest BCUT2D eigenvalue weighted by Gasteiger charge is 2.34. The second-order valence-corrected chi connectivity index (χ2v) is 7.45. The van der Waals surface area contributed by atoms with Crippen LogP contribution in [0.4, 0.5) is 4.39 Å². The SMILES string of the molecule is O=C(CC(c1ccc(F)cc1)N1Cc2ccccc2C1=O)NCCc1ccccc1. The van der Waals surface area contributed by atoms with E-state index in [0.29, 0.717) is 18.7 Å². The minimum absolute atomic E-state index is 0.1000. The number of benzene rings is 3. The van der Waals surface area contributed by atoms with Crippen molar-refractivity contribution in [1.82, 2.24) is 10.2 Å². The Bertz CT molecular complexity index is 1030. The molecule has 0 aromatic heterocycles. The molecule has 1 atom stereocenters. The van der Waals surface area contributed by atoms with Gasteiger partial charge in [-0.25, -0.2) is 4.39 Å². The van der Waals surface area contributed by atoms with Gasteiger partial charge in [-0.05, 0) is 41.3 Å². The summed E-state index contributed by atoms with van der Waals surface area (Å²) in [4.78, 5) is 27.4. The molecule has 30 heavy (non-hydrogen) atoms. The summed E-state index contributed by atoms with van der Waals surface area (Å²) in [6.45, 7) is 0.960. The van der Waals surface area contributed by atoms with Gasteiger partial charge >= 0.3 is 0 Å². The first-order valence-corrected chi connectivity index (χ1v) is 10.1. The first-order valence-electron chi connectivity index (χ1n) is 10.1. The molecule has 0 radical (unpaired) electrons. The van der Waals surface area contributed by atoms with Crippen LogP contribution in [0.2, 0.25) is 0 Å². The zero-order valence-electron chi connectivity index (χ0n) is 16.6. The number of halogens is 1. The zero-order chi connectivity index (χ0) is 20.9. The molecule has 4 rings (SSSR count). The molecule has 0 saturated heterocycles. The molecular formula is C25H23FN2O2. The molecule has 0 fully saturated rings. The van der Waals surface area contributed by atoms with E-state index in [1.807, 2.05) is 48.5 Å². The highest BCUT2D eigenvalue weighted by molar-refractivity contribution is 5.98. The quantitative estimate of drug-likeness (QED) is 0.642. The molecule has 1 aliphatic rings. The third-order valence-electron chi connectivity index (χ3n) is 5.44. The van der Waals surface area contributed by atoms with Crippen LogP contribution in [0.5, 0.6) is 0 Å². The Balaban J connectivity index is 1.48. The van der Waals surface area contributed by atoms with E-state index in [1.54, 1.807) is 23.1 Å². The van der Waals surface area contributed by atoms with Crippen molar-refractivity contribution in [1.29, 1.82) is 0 Å². The molecular weight excluding hydrogens is 379 g/mol. The van der Waals surface area contributed by atoms with Crippen LogP contribution in [0.25, 0.3) is 0 Å². The van der Waals surface area contributed by atoms with Crippen LogP contribution < -0.4 is 5.32 Å². The van der Waals surface area contributed by atoms with E-state index in [0.717, 1.165) is 23.1 Å². The predicted molar refractivity (Wildman–Crippen MR) is 113 cm³/mol. The molecule has 0 spiro atoms.